The highest BCUT2D eigenvalue weighted by Gasteiger charge is 2.58. The maximum Gasteiger partial charge on any atom is 0.212 e. The van der Waals surface area contributed by atoms with Crippen LogP contribution < -0.4 is 14.7 Å². The molecule has 2 aliphatic rings. The van der Waals surface area contributed by atoms with Gasteiger partial charge in [0.1, 0.15) is 5.75 Å². The number of carboxylic acid groups (broad SMARTS) is 1. The van der Waals surface area contributed by atoms with Crippen molar-refractivity contribution in [1.29, 1.82) is 0 Å². The molecule has 4 heteroatoms. The molecule has 2 heterocycles. The summed E-state index contributed by atoms with van der Waals surface area (Å²) in [4.78, 5) is 13.2. The summed E-state index contributed by atoms with van der Waals surface area (Å²) in [6, 6.07) is 14.2. The lowest BCUT2D eigenvalue weighted by molar-refractivity contribution is -0.305. The van der Waals surface area contributed by atoms with E-state index >= 15 is 0 Å². The Kier molecular flexibility index (Phi) is 3.62. The van der Waals surface area contributed by atoms with Gasteiger partial charge in [0.25, 0.3) is 0 Å². The number of carbonyl (C=O) groups excluding carboxylic acids is 1. The van der Waals surface area contributed by atoms with E-state index in [1.165, 1.54) is 5.56 Å². The number of para-hydroxylation sites is 1. The van der Waals surface area contributed by atoms with Crippen molar-refractivity contribution in [2.45, 2.75) is 38.3 Å². The third-order valence-corrected chi connectivity index (χ3v) is 5.62. The van der Waals surface area contributed by atoms with Gasteiger partial charge in [0.05, 0.1) is 5.41 Å². The molecular weight excluding hydrogens is 326 g/mol. The van der Waals surface area contributed by atoms with Crippen molar-refractivity contribution in [1.82, 2.24) is 0 Å². The summed E-state index contributed by atoms with van der Waals surface area (Å²) < 4.78 is 6.60. The molecule has 0 N–H and O–H groups in total. The van der Waals surface area contributed by atoms with Gasteiger partial charge in [-0.2, -0.15) is 0 Å². The molecule has 2 aromatic rings. The van der Waals surface area contributed by atoms with E-state index < -0.39 is 11.7 Å². The zero-order chi connectivity index (χ0) is 18.5. The number of carboxylic acids is 1. The van der Waals surface area contributed by atoms with Crippen LogP contribution in [0.1, 0.15) is 37.0 Å². The molecule has 0 saturated heterocycles. The fraction of sp³-hybridized carbons (Fsp3) is 0.318. The second-order valence-electron chi connectivity index (χ2n) is 7.59. The van der Waals surface area contributed by atoms with Crippen molar-refractivity contribution < 1.29 is 14.6 Å². The number of rotatable bonds is 3. The van der Waals surface area contributed by atoms with Crippen molar-refractivity contribution >= 4 is 17.7 Å². The third kappa shape index (κ3) is 2.25. The molecule has 0 aliphatic carbocycles. The average Bonchev–Trinajstić information content (AvgIpc) is 2.78. The highest BCUT2D eigenvalue weighted by Crippen LogP contribution is 2.54. The van der Waals surface area contributed by atoms with E-state index in [1.807, 2.05) is 30.3 Å². The number of aliphatic carboxylic acids is 1. The van der Waals surface area contributed by atoms with Crippen LogP contribution in [0.5, 0.6) is 5.75 Å². The van der Waals surface area contributed by atoms with Crippen molar-refractivity contribution in [3.05, 3.63) is 65.2 Å². The lowest BCUT2D eigenvalue weighted by atomic mass is 9.76. The lowest BCUT2D eigenvalue weighted by Crippen LogP contribution is -2.60. The van der Waals surface area contributed by atoms with Crippen molar-refractivity contribution in [3.8, 4) is 5.75 Å². The Morgan fingerprint density at radius 1 is 1.19 bits per heavy atom. The van der Waals surface area contributed by atoms with Crippen LogP contribution in [0.4, 0.5) is 5.69 Å². The Morgan fingerprint density at radius 3 is 2.73 bits per heavy atom. The minimum absolute atomic E-state index is 0.0515. The molecule has 26 heavy (non-hydrogen) atoms. The van der Waals surface area contributed by atoms with Gasteiger partial charge in [-0.05, 0) is 56.7 Å². The number of hydrogen-bond acceptors (Lipinski definition) is 4. The molecule has 4 nitrogen and oxygen atoms in total. The summed E-state index contributed by atoms with van der Waals surface area (Å²) in [6.45, 7) is 6.68. The van der Waals surface area contributed by atoms with Crippen LogP contribution >= 0.6 is 0 Å². The zero-order valence-corrected chi connectivity index (χ0v) is 15.3. The smallest absolute Gasteiger partial charge is 0.212 e. The molecule has 0 amide bonds. The Bertz CT molecular complexity index is 915. The number of benzene rings is 2. The number of nitrogens with zero attached hydrogens (tertiary/aromatic N) is 1. The minimum Gasteiger partial charge on any atom is -0.550 e. The van der Waals surface area contributed by atoms with Gasteiger partial charge in [-0.3, -0.25) is 0 Å². The van der Waals surface area contributed by atoms with Gasteiger partial charge in [0, 0.05) is 30.2 Å². The number of aryl methyl sites for hydroxylation is 1. The van der Waals surface area contributed by atoms with Crippen LogP contribution in [0.15, 0.2) is 48.5 Å². The summed E-state index contributed by atoms with van der Waals surface area (Å²) >= 11 is 0. The molecule has 1 atom stereocenters. The lowest BCUT2D eigenvalue weighted by Gasteiger charge is -2.47. The Balaban J connectivity index is 1.86. The third-order valence-electron chi connectivity index (χ3n) is 5.62. The van der Waals surface area contributed by atoms with Gasteiger partial charge in [-0.25, -0.2) is 0 Å². The number of ether oxygens (including phenoxy) is 1. The largest absolute Gasteiger partial charge is 0.550 e. The molecular formula is C22H22NO3-. The molecule has 0 radical (unpaired) electrons. The van der Waals surface area contributed by atoms with Gasteiger partial charge in [-0.1, -0.05) is 29.8 Å². The Hall–Kier alpha value is -2.75. The van der Waals surface area contributed by atoms with Gasteiger partial charge < -0.3 is 19.5 Å². The van der Waals surface area contributed by atoms with E-state index in [2.05, 4.69) is 50.0 Å². The number of fused-ring (bicyclic) bond motifs is 2. The maximum absolute atomic E-state index is 11.1. The molecule has 4 rings (SSSR count). The zero-order valence-electron chi connectivity index (χ0n) is 15.3. The van der Waals surface area contributed by atoms with Crippen LogP contribution in [0.3, 0.4) is 0 Å². The van der Waals surface area contributed by atoms with E-state index in [1.54, 1.807) is 0 Å². The Morgan fingerprint density at radius 2 is 1.96 bits per heavy atom. The predicted octanol–water partition coefficient (Wildman–Crippen LogP) is 3.03. The monoisotopic (exact) mass is 348 g/mol. The normalized spacial score (nSPS) is 22.0. The highest BCUT2D eigenvalue weighted by atomic mass is 16.5. The SMILES string of the molecule is Cc1ccc2c(c1)C=CC1(O2)N(CCC(=O)[O-])c2ccccc2C1(C)C. The number of anilines is 1. The van der Waals surface area contributed by atoms with Crippen molar-refractivity contribution in [2.75, 3.05) is 11.4 Å². The van der Waals surface area contributed by atoms with Crippen LogP contribution in [-0.4, -0.2) is 18.2 Å². The summed E-state index contributed by atoms with van der Waals surface area (Å²) in [6.07, 6.45) is 4.11. The first-order valence-electron chi connectivity index (χ1n) is 8.91. The standard InChI is InChI=1S/C22H23NO3/c1-15-8-9-19-16(14-15)10-12-22(26-19)21(2,3)17-6-4-5-7-18(17)23(22)13-11-20(24)25/h4-10,12,14H,11,13H2,1-3H3,(H,24,25)/p-1. The fourth-order valence-corrected chi connectivity index (χ4v) is 4.21. The van der Waals surface area contributed by atoms with Gasteiger partial charge >= 0.3 is 0 Å². The fourth-order valence-electron chi connectivity index (χ4n) is 4.21. The minimum atomic E-state index is -1.06. The molecule has 0 saturated carbocycles. The van der Waals surface area contributed by atoms with E-state index in [9.17, 15) is 9.90 Å². The molecule has 1 unspecified atom stereocenters. The summed E-state index contributed by atoms with van der Waals surface area (Å²) in [5, 5.41) is 11.1. The first-order valence-corrected chi connectivity index (χ1v) is 8.91. The second-order valence-corrected chi connectivity index (χ2v) is 7.59. The summed E-state index contributed by atoms with van der Waals surface area (Å²) in [5.41, 5.74) is 3.26. The van der Waals surface area contributed by atoms with Crippen LogP contribution in [0.25, 0.3) is 6.08 Å². The first kappa shape index (κ1) is 16.7. The van der Waals surface area contributed by atoms with Crippen LogP contribution in [0.2, 0.25) is 0 Å². The Labute approximate surface area is 153 Å². The van der Waals surface area contributed by atoms with E-state index in [-0.39, 0.29) is 11.8 Å². The second kappa shape index (κ2) is 5.63. The van der Waals surface area contributed by atoms with Gasteiger partial charge in [-0.15, -0.1) is 0 Å². The molecule has 0 fully saturated rings. The van der Waals surface area contributed by atoms with Gasteiger partial charge in [0.2, 0.25) is 5.72 Å². The van der Waals surface area contributed by atoms with Crippen molar-refractivity contribution in [3.63, 3.8) is 0 Å². The predicted molar refractivity (Wildman–Crippen MR) is 100 cm³/mol. The molecule has 1 spiro atoms. The number of hydrogen-bond donors (Lipinski definition) is 0. The molecule has 0 aromatic heterocycles. The summed E-state index contributed by atoms with van der Waals surface area (Å²) in [7, 11) is 0. The van der Waals surface area contributed by atoms with E-state index in [4.69, 9.17) is 4.74 Å². The quantitative estimate of drug-likeness (QED) is 0.856. The molecule has 2 aromatic carbocycles. The average molecular weight is 348 g/mol. The molecule has 2 aliphatic heterocycles. The highest BCUT2D eigenvalue weighted by molar-refractivity contribution is 5.74. The topological polar surface area (TPSA) is 52.6 Å². The molecule has 0 bridgehead atoms. The van der Waals surface area contributed by atoms with E-state index in [0.717, 1.165) is 22.6 Å². The van der Waals surface area contributed by atoms with Crippen LogP contribution in [0, 0.1) is 6.92 Å². The maximum atomic E-state index is 11.1. The van der Waals surface area contributed by atoms with Crippen molar-refractivity contribution in [2.24, 2.45) is 0 Å². The molecule has 134 valence electrons. The van der Waals surface area contributed by atoms with E-state index in [0.29, 0.717) is 6.54 Å². The summed E-state index contributed by atoms with van der Waals surface area (Å²) in [5.74, 6) is -0.240. The first-order chi connectivity index (χ1) is 12.3. The number of carbonyl (C=O) groups is 1. The van der Waals surface area contributed by atoms with Crippen LogP contribution in [-0.2, 0) is 10.2 Å². The van der Waals surface area contributed by atoms with Gasteiger partial charge in [0.15, 0.2) is 0 Å².